The Morgan fingerprint density at radius 3 is 2.63 bits per heavy atom. The fourth-order valence-corrected chi connectivity index (χ4v) is 3.77. The van der Waals surface area contributed by atoms with E-state index >= 15 is 0 Å². The lowest BCUT2D eigenvalue weighted by Gasteiger charge is -2.15. The molecule has 2 aromatic rings. The summed E-state index contributed by atoms with van der Waals surface area (Å²) in [6, 6.07) is 12.3. The Morgan fingerprint density at radius 2 is 1.89 bits per heavy atom. The molecule has 5 nitrogen and oxygen atoms in total. The van der Waals surface area contributed by atoms with Gasteiger partial charge < -0.3 is 15.4 Å². The maximum absolute atomic E-state index is 12.5. The predicted molar refractivity (Wildman–Crippen MR) is 109 cm³/mol. The van der Waals surface area contributed by atoms with E-state index in [1.165, 1.54) is 0 Å². The number of amides is 2. The molecule has 2 N–H and O–H groups in total. The van der Waals surface area contributed by atoms with Crippen LogP contribution < -0.4 is 15.4 Å². The smallest absolute Gasteiger partial charge is 0.262 e. The van der Waals surface area contributed by atoms with Crippen molar-refractivity contribution in [1.82, 2.24) is 5.32 Å². The molecule has 0 unspecified atom stereocenters. The lowest BCUT2D eigenvalue weighted by atomic mass is 10.1. The number of rotatable bonds is 6. The van der Waals surface area contributed by atoms with Gasteiger partial charge in [-0.2, -0.15) is 0 Å². The summed E-state index contributed by atoms with van der Waals surface area (Å²) in [7, 11) is 0. The van der Waals surface area contributed by atoms with Crippen molar-refractivity contribution in [3.05, 3.63) is 57.5 Å². The number of benzene rings is 2. The first kappa shape index (κ1) is 19.7. The van der Waals surface area contributed by atoms with Gasteiger partial charge in [-0.1, -0.05) is 52.5 Å². The van der Waals surface area contributed by atoms with E-state index in [4.69, 9.17) is 16.3 Å². The molecular weight excluding hydrogens is 432 g/mol. The highest BCUT2D eigenvalue weighted by Crippen LogP contribution is 2.27. The zero-order chi connectivity index (χ0) is 19.2. The number of hydrogen-bond acceptors (Lipinski definition) is 3. The van der Waals surface area contributed by atoms with Gasteiger partial charge in [-0.05, 0) is 43.2 Å². The summed E-state index contributed by atoms with van der Waals surface area (Å²) in [4.78, 5) is 24.8. The minimum atomic E-state index is -0.366. The zero-order valence-corrected chi connectivity index (χ0v) is 17.0. The third-order valence-corrected chi connectivity index (χ3v) is 5.18. The van der Waals surface area contributed by atoms with Gasteiger partial charge in [-0.15, -0.1) is 0 Å². The summed E-state index contributed by atoms with van der Waals surface area (Å²) in [6.07, 6.45) is 4.28. The predicted octanol–water partition coefficient (Wildman–Crippen LogP) is 4.79. The van der Waals surface area contributed by atoms with Crippen molar-refractivity contribution in [3.8, 4) is 5.75 Å². The van der Waals surface area contributed by atoms with Gasteiger partial charge in [0.1, 0.15) is 5.75 Å². The van der Waals surface area contributed by atoms with Gasteiger partial charge in [-0.3, -0.25) is 9.59 Å². The van der Waals surface area contributed by atoms with Crippen LogP contribution in [0.2, 0.25) is 5.02 Å². The molecule has 27 heavy (non-hydrogen) atoms. The summed E-state index contributed by atoms with van der Waals surface area (Å²) in [5.41, 5.74) is 0.905. The molecule has 1 fully saturated rings. The summed E-state index contributed by atoms with van der Waals surface area (Å²) < 4.78 is 6.29. The number of para-hydroxylation sites is 1. The fraction of sp³-hybridized carbons (Fsp3) is 0.300. The number of carbonyl (C=O) groups is 2. The van der Waals surface area contributed by atoms with Gasteiger partial charge in [0.2, 0.25) is 0 Å². The van der Waals surface area contributed by atoms with Crippen LogP contribution in [0.1, 0.15) is 36.0 Å². The summed E-state index contributed by atoms with van der Waals surface area (Å²) >= 11 is 9.40. The molecule has 142 valence electrons. The second-order valence-corrected chi connectivity index (χ2v) is 7.73. The van der Waals surface area contributed by atoms with Gasteiger partial charge >= 0.3 is 0 Å². The SMILES string of the molecule is O=C(COc1ccc(Br)cc1Cl)Nc1ccccc1C(=O)NC1CCCC1. The molecule has 1 saturated carbocycles. The second-order valence-electron chi connectivity index (χ2n) is 6.41. The highest BCUT2D eigenvalue weighted by atomic mass is 79.9. The van der Waals surface area contributed by atoms with Crippen molar-refractivity contribution in [2.75, 3.05) is 11.9 Å². The van der Waals surface area contributed by atoms with Crippen LogP contribution in [0.4, 0.5) is 5.69 Å². The first-order valence-corrected chi connectivity index (χ1v) is 9.97. The van der Waals surface area contributed by atoms with Crippen LogP contribution >= 0.6 is 27.5 Å². The molecule has 2 amide bonds. The van der Waals surface area contributed by atoms with Crippen molar-refractivity contribution in [3.63, 3.8) is 0 Å². The van der Waals surface area contributed by atoms with Crippen LogP contribution in [0, 0.1) is 0 Å². The third-order valence-electron chi connectivity index (χ3n) is 4.39. The Hall–Kier alpha value is -2.05. The van der Waals surface area contributed by atoms with Crippen LogP contribution in [0.25, 0.3) is 0 Å². The topological polar surface area (TPSA) is 67.4 Å². The van der Waals surface area contributed by atoms with Crippen LogP contribution in [-0.2, 0) is 4.79 Å². The zero-order valence-electron chi connectivity index (χ0n) is 14.6. The number of carbonyl (C=O) groups excluding carboxylic acids is 2. The molecule has 0 saturated heterocycles. The molecule has 0 heterocycles. The number of halogens is 2. The highest BCUT2D eigenvalue weighted by Gasteiger charge is 2.20. The molecule has 0 aliphatic heterocycles. The van der Waals surface area contributed by atoms with E-state index in [-0.39, 0.29) is 24.5 Å². The van der Waals surface area contributed by atoms with Crippen molar-refractivity contribution < 1.29 is 14.3 Å². The lowest BCUT2D eigenvalue weighted by molar-refractivity contribution is -0.118. The van der Waals surface area contributed by atoms with Crippen molar-refractivity contribution >= 4 is 45.0 Å². The van der Waals surface area contributed by atoms with E-state index in [9.17, 15) is 9.59 Å². The van der Waals surface area contributed by atoms with E-state index in [0.717, 1.165) is 30.2 Å². The molecule has 2 aromatic carbocycles. The molecular formula is C20H20BrClN2O3. The quantitative estimate of drug-likeness (QED) is 0.663. The Labute approximate surface area is 171 Å². The highest BCUT2D eigenvalue weighted by molar-refractivity contribution is 9.10. The summed E-state index contributed by atoms with van der Waals surface area (Å²) in [5, 5.41) is 6.19. The monoisotopic (exact) mass is 450 g/mol. The fourth-order valence-electron chi connectivity index (χ4n) is 3.05. The normalized spacial score (nSPS) is 14.0. The van der Waals surface area contributed by atoms with Crippen LogP contribution in [0.5, 0.6) is 5.75 Å². The number of ether oxygens (including phenoxy) is 1. The summed E-state index contributed by atoms with van der Waals surface area (Å²) in [6.45, 7) is -0.208. The van der Waals surface area contributed by atoms with Crippen LogP contribution in [0.3, 0.4) is 0 Å². The average Bonchev–Trinajstić information content (AvgIpc) is 3.14. The average molecular weight is 452 g/mol. The molecule has 0 bridgehead atoms. The Morgan fingerprint density at radius 1 is 1.15 bits per heavy atom. The van der Waals surface area contributed by atoms with Crippen molar-refractivity contribution in [1.29, 1.82) is 0 Å². The number of nitrogens with one attached hydrogen (secondary N) is 2. The lowest BCUT2D eigenvalue weighted by Crippen LogP contribution is -2.33. The van der Waals surface area contributed by atoms with E-state index in [2.05, 4.69) is 26.6 Å². The standard InChI is InChI=1S/C20H20BrClN2O3/c21-13-9-10-18(16(22)11-13)27-12-19(25)24-17-8-4-3-7-15(17)20(26)23-14-5-1-2-6-14/h3-4,7-11,14H,1-2,5-6,12H2,(H,23,26)(H,24,25). The Bertz CT molecular complexity index is 838. The molecule has 7 heteroatoms. The second kappa shape index (κ2) is 9.24. The van der Waals surface area contributed by atoms with Gasteiger partial charge in [0.15, 0.2) is 6.61 Å². The maximum Gasteiger partial charge on any atom is 0.262 e. The van der Waals surface area contributed by atoms with Crippen molar-refractivity contribution in [2.24, 2.45) is 0 Å². The first-order chi connectivity index (χ1) is 13.0. The van der Waals surface area contributed by atoms with Crippen LogP contribution in [0.15, 0.2) is 46.9 Å². The van der Waals surface area contributed by atoms with E-state index in [1.54, 1.807) is 42.5 Å². The van der Waals surface area contributed by atoms with Crippen LogP contribution in [-0.4, -0.2) is 24.5 Å². The maximum atomic E-state index is 12.5. The number of anilines is 1. The van der Waals surface area contributed by atoms with Gasteiger partial charge in [-0.25, -0.2) is 0 Å². The molecule has 1 aliphatic rings. The van der Waals surface area contributed by atoms with E-state index < -0.39 is 0 Å². The largest absolute Gasteiger partial charge is 0.482 e. The Kier molecular flexibility index (Phi) is 6.74. The number of hydrogen-bond donors (Lipinski definition) is 2. The molecule has 0 atom stereocenters. The van der Waals surface area contributed by atoms with Crippen molar-refractivity contribution in [2.45, 2.75) is 31.7 Å². The van der Waals surface area contributed by atoms with Gasteiger partial charge in [0, 0.05) is 10.5 Å². The molecule has 0 radical (unpaired) electrons. The summed E-state index contributed by atoms with van der Waals surface area (Å²) in [5.74, 6) is -0.118. The molecule has 3 rings (SSSR count). The molecule has 0 aromatic heterocycles. The van der Waals surface area contributed by atoms with Gasteiger partial charge in [0.05, 0.1) is 16.3 Å². The Balaban J connectivity index is 1.61. The molecule has 1 aliphatic carbocycles. The minimum absolute atomic E-state index is 0.172. The first-order valence-electron chi connectivity index (χ1n) is 8.80. The molecule has 0 spiro atoms. The third kappa shape index (κ3) is 5.47. The van der Waals surface area contributed by atoms with Gasteiger partial charge in [0.25, 0.3) is 11.8 Å². The minimum Gasteiger partial charge on any atom is -0.482 e. The van der Waals surface area contributed by atoms with E-state index in [1.807, 2.05) is 0 Å². The van der Waals surface area contributed by atoms with E-state index in [0.29, 0.717) is 22.0 Å².